The van der Waals surface area contributed by atoms with E-state index in [-0.39, 0.29) is 11.9 Å². The largest absolute Gasteiger partial charge is 0.396 e. The molecule has 1 saturated heterocycles. The molecular weight excluding hydrogens is 240 g/mol. The van der Waals surface area contributed by atoms with Crippen molar-refractivity contribution in [3.63, 3.8) is 0 Å². The molecule has 0 spiro atoms. The number of carbonyl (C=O) groups is 1. The highest BCUT2D eigenvalue weighted by Gasteiger charge is 2.34. The Kier molecular flexibility index (Phi) is 3.83. The van der Waals surface area contributed by atoms with Crippen LogP contribution in [0.4, 0.5) is 5.69 Å². The Labute approximate surface area is 114 Å². The van der Waals surface area contributed by atoms with Gasteiger partial charge in [0.2, 0.25) is 0 Å². The van der Waals surface area contributed by atoms with E-state index >= 15 is 0 Å². The monoisotopic (exact) mass is 264 g/mol. The van der Waals surface area contributed by atoms with Crippen LogP contribution in [0.2, 0.25) is 0 Å². The summed E-state index contributed by atoms with van der Waals surface area (Å²) in [6, 6.07) is 0.253. The molecule has 5 nitrogen and oxygen atoms in total. The minimum Gasteiger partial charge on any atom is -0.396 e. The zero-order chi connectivity index (χ0) is 14.2. The molecule has 0 radical (unpaired) electrons. The summed E-state index contributed by atoms with van der Waals surface area (Å²) in [5.74, 6) is 1.07. The number of amides is 1. The van der Waals surface area contributed by atoms with Crippen LogP contribution in [0.15, 0.2) is 6.20 Å². The quantitative estimate of drug-likeness (QED) is 0.888. The average molecular weight is 264 g/mol. The van der Waals surface area contributed by atoms with E-state index in [0.29, 0.717) is 29.8 Å². The number of likely N-dealkylation sites (tertiary alicyclic amines) is 1. The van der Waals surface area contributed by atoms with Crippen LogP contribution >= 0.6 is 0 Å². The van der Waals surface area contributed by atoms with Gasteiger partial charge in [0.25, 0.3) is 5.91 Å². The normalized spacial score (nSPS) is 27.6. The van der Waals surface area contributed by atoms with E-state index in [0.717, 1.165) is 6.54 Å². The summed E-state index contributed by atoms with van der Waals surface area (Å²) < 4.78 is 1.69. The number of piperidine rings is 1. The second-order valence-corrected chi connectivity index (χ2v) is 5.78. The van der Waals surface area contributed by atoms with E-state index in [9.17, 15) is 4.79 Å². The number of nitrogen functional groups attached to an aromatic ring is 1. The minimum atomic E-state index is 0.0164. The van der Waals surface area contributed by atoms with Crippen molar-refractivity contribution in [2.75, 3.05) is 12.3 Å². The van der Waals surface area contributed by atoms with Gasteiger partial charge in [-0.05, 0) is 32.1 Å². The number of aryl methyl sites for hydroxylation is 1. The highest BCUT2D eigenvalue weighted by atomic mass is 16.2. The van der Waals surface area contributed by atoms with E-state index in [1.54, 1.807) is 10.9 Å². The lowest BCUT2D eigenvalue weighted by molar-refractivity contribution is 0.0445. The molecule has 2 heterocycles. The zero-order valence-electron chi connectivity index (χ0n) is 12.3. The maximum Gasteiger partial charge on any atom is 0.274 e. The van der Waals surface area contributed by atoms with Crippen LogP contribution in [-0.4, -0.2) is 33.2 Å². The van der Waals surface area contributed by atoms with Crippen molar-refractivity contribution in [1.82, 2.24) is 14.7 Å². The summed E-state index contributed by atoms with van der Waals surface area (Å²) in [6.07, 6.45) is 2.74. The van der Waals surface area contributed by atoms with E-state index in [1.807, 2.05) is 11.8 Å². The second kappa shape index (κ2) is 5.23. The van der Waals surface area contributed by atoms with Gasteiger partial charge in [-0.15, -0.1) is 0 Å². The molecule has 2 rings (SSSR count). The summed E-state index contributed by atoms with van der Waals surface area (Å²) in [6.45, 7) is 9.96. The van der Waals surface area contributed by atoms with Crippen molar-refractivity contribution in [2.24, 2.45) is 11.8 Å². The summed E-state index contributed by atoms with van der Waals surface area (Å²) in [5, 5.41) is 4.16. The fourth-order valence-electron chi connectivity index (χ4n) is 2.99. The zero-order valence-corrected chi connectivity index (χ0v) is 12.3. The number of hydrogen-bond acceptors (Lipinski definition) is 3. The van der Waals surface area contributed by atoms with E-state index in [1.165, 1.54) is 6.42 Å². The molecule has 1 aromatic rings. The van der Waals surface area contributed by atoms with Crippen LogP contribution in [0.5, 0.6) is 0 Å². The number of rotatable bonds is 2. The first kappa shape index (κ1) is 13.9. The number of carbonyl (C=O) groups excluding carboxylic acids is 1. The minimum absolute atomic E-state index is 0.0164. The molecule has 19 heavy (non-hydrogen) atoms. The molecule has 106 valence electrons. The van der Waals surface area contributed by atoms with Crippen molar-refractivity contribution in [3.8, 4) is 0 Å². The first-order valence-electron chi connectivity index (χ1n) is 7.07. The molecule has 1 amide bonds. The first-order valence-corrected chi connectivity index (χ1v) is 7.07. The van der Waals surface area contributed by atoms with E-state index in [2.05, 4.69) is 25.9 Å². The lowest BCUT2D eigenvalue weighted by Crippen LogP contribution is -2.49. The molecule has 3 unspecified atom stereocenters. The summed E-state index contributed by atoms with van der Waals surface area (Å²) in [7, 11) is 0. The maximum absolute atomic E-state index is 12.7. The van der Waals surface area contributed by atoms with Crippen molar-refractivity contribution in [2.45, 2.75) is 46.7 Å². The van der Waals surface area contributed by atoms with Gasteiger partial charge in [0.1, 0.15) is 5.69 Å². The highest BCUT2D eigenvalue weighted by Crippen LogP contribution is 2.29. The fourth-order valence-corrected chi connectivity index (χ4v) is 2.99. The number of nitrogens with zero attached hydrogens (tertiary/aromatic N) is 3. The Bertz CT molecular complexity index is 468. The summed E-state index contributed by atoms with van der Waals surface area (Å²) in [5.41, 5.74) is 6.92. The van der Waals surface area contributed by atoms with Gasteiger partial charge in [0.15, 0.2) is 0 Å². The Morgan fingerprint density at radius 2 is 2.16 bits per heavy atom. The van der Waals surface area contributed by atoms with Crippen LogP contribution in [0.3, 0.4) is 0 Å². The molecule has 1 aromatic heterocycles. The van der Waals surface area contributed by atoms with Crippen molar-refractivity contribution >= 4 is 11.6 Å². The van der Waals surface area contributed by atoms with Gasteiger partial charge in [-0.2, -0.15) is 5.10 Å². The topological polar surface area (TPSA) is 64.2 Å². The predicted molar refractivity (Wildman–Crippen MR) is 75.8 cm³/mol. The molecule has 3 atom stereocenters. The van der Waals surface area contributed by atoms with Crippen molar-refractivity contribution < 1.29 is 4.79 Å². The SMILES string of the molecule is CCn1ncc(N)c1C(=O)N1CC(C)CC(C)C1C. The van der Waals surface area contributed by atoms with Crippen molar-refractivity contribution in [3.05, 3.63) is 11.9 Å². The second-order valence-electron chi connectivity index (χ2n) is 5.78. The van der Waals surface area contributed by atoms with E-state index in [4.69, 9.17) is 5.73 Å². The molecule has 2 N–H and O–H groups in total. The molecular formula is C14H24N4O. The Morgan fingerprint density at radius 1 is 1.47 bits per heavy atom. The van der Waals surface area contributed by atoms with Crippen LogP contribution < -0.4 is 5.73 Å². The lowest BCUT2D eigenvalue weighted by Gasteiger charge is -2.41. The third kappa shape index (κ3) is 2.46. The Balaban J connectivity index is 2.30. The molecule has 0 aliphatic carbocycles. The third-order valence-electron chi connectivity index (χ3n) is 4.23. The van der Waals surface area contributed by atoms with Crippen LogP contribution in [0.25, 0.3) is 0 Å². The van der Waals surface area contributed by atoms with Gasteiger partial charge < -0.3 is 10.6 Å². The highest BCUT2D eigenvalue weighted by molar-refractivity contribution is 5.97. The smallest absolute Gasteiger partial charge is 0.274 e. The van der Waals surface area contributed by atoms with Gasteiger partial charge in [-0.25, -0.2) is 0 Å². The molecule has 1 fully saturated rings. The molecule has 0 saturated carbocycles. The summed E-state index contributed by atoms with van der Waals surface area (Å²) in [4.78, 5) is 14.7. The Morgan fingerprint density at radius 3 is 2.79 bits per heavy atom. The predicted octanol–water partition coefficient (Wildman–Crippen LogP) is 1.99. The van der Waals surface area contributed by atoms with Gasteiger partial charge >= 0.3 is 0 Å². The fraction of sp³-hybridized carbons (Fsp3) is 0.714. The van der Waals surface area contributed by atoms with Gasteiger partial charge in [-0.3, -0.25) is 9.48 Å². The van der Waals surface area contributed by atoms with Gasteiger partial charge in [0.05, 0.1) is 11.9 Å². The van der Waals surface area contributed by atoms with Crippen LogP contribution in [0, 0.1) is 11.8 Å². The van der Waals surface area contributed by atoms with Crippen LogP contribution in [0.1, 0.15) is 44.6 Å². The molecule has 0 bridgehead atoms. The van der Waals surface area contributed by atoms with Crippen LogP contribution in [-0.2, 0) is 6.54 Å². The number of aromatic nitrogens is 2. The van der Waals surface area contributed by atoms with Gasteiger partial charge in [0, 0.05) is 19.1 Å². The lowest BCUT2D eigenvalue weighted by atomic mass is 9.86. The van der Waals surface area contributed by atoms with E-state index < -0.39 is 0 Å². The third-order valence-corrected chi connectivity index (χ3v) is 4.23. The molecule has 1 aliphatic rings. The molecule has 1 aliphatic heterocycles. The average Bonchev–Trinajstić information content (AvgIpc) is 2.74. The van der Waals surface area contributed by atoms with Crippen molar-refractivity contribution in [1.29, 1.82) is 0 Å². The maximum atomic E-state index is 12.7. The number of anilines is 1. The number of hydrogen-bond donors (Lipinski definition) is 1. The molecule has 5 heteroatoms. The standard InChI is InChI=1S/C14H24N4O/c1-5-18-13(12(15)7-16-18)14(19)17-8-9(2)6-10(3)11(17)4/h7,9-11H,5-6,8,15H2,1-4H3. The first-order chi connectivity index (χ1) is 8.95. The number of nitrogens with two attached hydrogens (primary N) is 1. The molecule has 0 aromatic carbocycles. The van der Waals surface area contributed by atoms with Gasteiger partial charge in [-0.1, -0.05) is 13.8 Å². The summed E-state index contributed by atoms with van der Waals surface area (Å²) >= 11 is 0. The Hall–Kier alpha value is -1.52.